The molecule has 0 atom stereocenters. The Labute approximate surface area is 165 Å². The molecule has 0 bridgehead atoms. The lowest BCUT2D eigenvalue weighted by Gasteiger charge is -2.13. The smallest absolute Gasteiger partial charge is 0.341 e. The molecule has 2 aromatic rings. The summed E-state index contributed by atoms with van der Waals surface area (Å²) in [6.45, 7) is -0.467. The molecular formula is C19H15NO5S2. The van der Waals surface area contributed by atoms with Crippen molar-refractivity contribution in [3.05, 3.63) is 59.0 Å². The maximum absolute atomic E-state index is 12.7. The summed E-state index contributed by atoms with van der Waals surface area (Å²) < 4.78 is 10.9. The molecule has 3 rings (SSSR count). The summed E-state index contributed by atoms with van der Waals surface area (Å²) in [5.41, 5.74) is 1.43. The van der Waals surface area contributed by atoms with E-state index in [1.54, 1.807) is 24.3 Å². The maximum Gasteiger partial charge on any atom is 0.341 e. The Morgan fingerprint density at radius 2 is 1.96 bits per heavy atom. The summed E-state index contributed by atoms with van der Waals surface area (Å²) in [7, 11) is 1.46. The molecule has 8 heteroatoms. The Bertz CT molecular complexity index is 927. The van der Waals surface area contributed by atoms with Gasteiger partial charge >= 0.3 is 5.97 Å². The molecule has 138 valence electrons. The van der Waals surface area contributed by atoms with Crippen LogP contribution in [0.15, 0.2) is 53.4 Å². The first-order valence-electron chi connectivity index (χ1n) is 7.85. The molecule has 27 heavy (non-hydrogen) atoms. The Hall–Kier alpha value is -2.84. The fraction of sp³-hybridized carbons (Fsp3) is 0.105. The third-order valence-corrected chi connectivity index (χ3v) is 4.95. The number of nitrogens with zero attached hydrogens (tertiary/aromatic N) is 1. The quantitative estimate of drug-likeness (QED) is 0.586. The van der Waals surface area contributed by atoms with Gasteiger partial charge in [-0.3, -0.25) is 9.69 Å². The first kappa shape index (κ1) is 18.9. The highest BCUT2D eigenvalue weighted by atomic mass is 32.2. The van der Waals surface area contributed by atoms with Gasteiger partial charge in [0.2, 0.25) is 0 Å². The van der Waals surface area contributed by atoms with Crippen molar-refractivity contribution in [3.63, 3.8) is 0 Å². The second-order valence-electron chi connectivity index (χ2n) is 5.45. The number of hydrogen-bond acceptors (Lipinski definition) is 6. The number of amides is 1. The number of carboxylic acids is 1. The zero-order valence-electron chi connectivity index (χ0n) is 14.2. The number of rotatable bonds is 6. The zero-order chi connectivity index (χ0) is 19.4. The van der Waals surface area contributed by atoms with Crippen molar-refractivity contribution in [3.8, 4) is 11.5 Å². The topological polar surface area (TPSA) is 76.1 Å². The molecular weight excluding hydrogens is 386 g/mol. The van der Waals surface area contributed by atoms with Crippen molar-refractivity contribution in [2.24, 2.45) is 0 Å². The van der Waals surface area contributed by atoms with Crippen LogP contribution in [0.1, 0.15) is 5.56 Å². The van der Waals surface area contributed by atoms with E-state index in [4.69, 9.17) is 26.8 Å². The number of thioether (sulfide) groups is 1. The van der Waals surface area contributed by atoms with Crippen LogP contribution in [0.3, 0.4) is 0 Å². The molecule has 0 spiro atoms. The number of hydrogen-bond donors (Lipinski definition) is 1. The van der Waals surface area contributed by atoms with E-state index in [0.717, 1.165) is 5.69 Å². The fourth-order valence-electron chi connectivity index (χ4n) is 2.45. The van der Waals surface area contributed by atoms with E-state index in [2.05, 4.69) is 0 Å². The first-order chi connectivity index (χ1) is 13.0. The minimum absolute atomic E-state index is 0.193. The van der Waals surface area contributed by atoms with Crippen molar-refractivity contribution in [1.29, 1.82) is 0 Å². The zero-order valence-corrected chi connectivity index (χ0v) is 15.9. The maximum atomic E-state index is 12.7. The lowest BCUT2D eigenvalue weighted by molar-refractivity contribution is -0.139. The van der Waals surface area contributed by atoms with Crippen LogP contribution in [0.2, 0.25) is 0 Å². The predicted molar refractivity (Wildman–Crippen MR) is 108 cm³/mol. The summed E-state index contributed by atoms with van der Waals surface area (Å²) in [5, 5.41) is 8.72. The number of carbonyl (C=O) groups excluding carboxylic acids is 1. The number of anilines is 1. The second-order valence-corrected chi connectivity index (χ2v) is 7.12. The van der Waals surface area contributed by atoms with Crippen LogP contribution in [0, 0.1) is 0 Å². The van der Waals surface area contributed by atoms with Gasteiger partial charge in [0, 0.05) is 0 Å². The summed E-state index contributed by atoms with van der Waals surface area (Å²) in [5.74, 6) is -0.579. The van der Waals surface area contributed by atoms with Gasteiger partial charge in [0.15, 0.2) is 22.4 Å². The van der Waals surface area contributed by atoms with Crippen LogP contribution in [0.25, 0.3) is 6.08 Å². The van der Waals surface area contributed by atoms with Gasteiger partial charge in [-0.2, -0.15) is 0 Å². The molecule has 6 nitrogen and oxygen atoms in total. The van der Waals surface area contributed by atoms with Crippen molar-refractivity contribution >= 4 is 51.9 Å². The Kier molecular flexibility index (Phi) is 5.78. The van der Waals surface area contributed by atoms with E-state index >= 15 is 0 Å². The molecule has 1 aliphatic rings. The van der Waals surface area contributed by atoms with Crippen molar-refractivity contribution < 1.29 is 24.2 Å². The fourth-order valence-corrected chi connectivity index (χ4v) is 3.75. The molecule has 2 aromatic carbocycles. The van der Waals surface area contributed by atoms with Crippen LogP contribution in [0.4, 0.5) is 5.69 Å². The molecule has 1 fully saturated rings. The summed E-state index contributed by atoms with van der Waals surface area (Å²) >= 11 is 6.57. The van der Waals surface area contributed by atoms with Gasteiger partial charge < -0.3 is 14.6 Å². The van der Waals surface area contributed by atoms with E-state index in [0.29, 0.717) is 26.3 Å². The number of carboxylic acid groups (broad SMARTS) is 1. The van der Waals surface area contributed by atoms with Gasteiger partial charge in [0.05, 0.1) is 17.7 Å². The third kappa shape index (κ3) is 4.29. The van der Waals surface area contributed by atoms with Crippen molar-refractivity contribution in [2.45, 2.75) is 0 Å². The van der Waals surface area contributed by atoms with Crippen LogP contribution in [-0.2, 0) is 9.59 Å². The number of thiocarbonyl (C=S) groups is 1. The van der Waals surface area contributed by atoms with Crippen molar-refractivity contribution in [2.75, 3.05) is 18.6 Å². The number of ether oxygens (including phenoxy) is 2. The molecule has 0 saturated carbocycles. The minimum atomic E-state index is -1.08. The lowest BCUT2D eigenvalue weighted by Crippen LogP contribution is -2.27. The Morgan fingerprint density at radius 3 is 2.63 bits per heavy atom. The summed E-state index contributed by atoms with van der Waals surface area (Å²) in [6, 6.07) is 14.2. The lowest BCUT2D eigenvalue weighted by atomic mass is 10.2. The number of benzene rings is 2. The highest BCUT2D eigenvalue weighted by molar-refractivity contribution is 8.27. The summed E-state index contributed by atoms with van der Waals surface area (Å²) in [6.07, 6.45) is 1.71. The molecule has 1 amide bonds. The largest absolute Gasteiger partial charge is 0.493 e. The van der Waals surface area contributed by atoms with Crippen LogP contribution in [0.5, 0.6) is 11.5 Å². The van der Waals surface area contributed by atoms with E-state index in [9.17, 15) is 9.59 Å². The first-order valence-corrected chi connectivity index (χ1v) is 9.07. The normalized spacial score (nSPS) is 15.3. The Morgan fingerprint density at radius 1 is 1.22 bits per heavy atom. The predicted octanol–water partition coefficient (Wildman–Crippen LogP) is 3.56. The molecule has 0 aromatic heterocycles. The van der Waals surface area contributed by atoms with Gasteiger partial charge in [-0.1, -0.05) is 48.2 Å². The average Bonchev–Trinajstić information content (AvgIpc) is 2.94. The van der Waals surface area contributed by atoms with Gasteiger partial charge in [-0.05, 0) is 35.9 Å². The standard InChI is InChI=1S/C19H15NO5S2/c1-24-15-9-12(7-8-14(15)25-11-17(21)22)10-16-18(23)20(19(26)27-16)13-5-3-2-4-6-13/h2-10H,11H2,1H3,(H,21,22)/b16-10+. The second kappa shape index (κ2) is 8.24. The SMILES string of the molecule is COc1cc(/C=C2/SC(=S)N(c3ccccc3)C2=O)ccc1OCC(=O)O. The molecule has 1 aliphatic heterocycles. The van der Waals surface area contributed by atoms with Crippen LogP contribution >= 0.6 is 24.0 Å². The van der Waals surface area contributed by atoms with Crippen LogP contribution in [-0.4, -0.2) is 35.0 Å². The third-order valence-electron chi connectivity index (χ3n) is 3.64. The summed E-state index contributed by atoms with van der Waals surface area (Å²) in [4.78, 5) is 25.4. The minimum Gasteiger partial charge on any atom is -0.493 e. The van der Waals surface area contributed by atoms with Gasteiger partial charge in [0.1, 0.15) is 0 Å². The monoisotopic (exact) mass is 401 g/mol. The number of methoxy groups -OCH3 is 1. The molecule has 0 aliphatic carbocycles. The van der Waals surface area contributed by atoms with E-state index in [-0.39, 0.29) is 5.91 Å². The van der Waals surface area contributed by atoms with Crippen LogP contribution < -0.4 is 14.4 Å². The van der Waals surface area contributed by atoms with Crippen molar-refractivity contribution in [1.82, 2.24) is 0 Å². The Balaban J connectivity index is 1.85. The molecule has 0 radical (unpaired) electrons. The van der Waals surface area contributed by atoms with Gasteiger partial charge in [-0.15, -0.1) is 0 Å². The molecule has 1 heterocycles. The molecule has 1 N–H and O–H groups in total. The molecule has 0 unspecified atom stereocenters. The van der Waals surface area contributed by atoms with E-state index in [1.807, 2.05) is 30.3 Å². The van der Waals surface area contributed by atoms with E-state index < -0.39 is 12.6 Å². The average molecular weight is 401 g/mol. The highest BCUT2D eigenvalue weighted by Crippen LogP contribution is 2.37. The molecule has 1 saturated heterocycles. The van der Waals surface area contributed by atoms with Gasteiger partial charge in [0.25, 0.3) is 5.91 Å². The number of para-hydroxylation sites is 1. The highest BCUT2D eigenvalue weighted by Gasteiger charge is 2.33. The number of carbonyl (C=O) groups is 2. The number of aliphatic carboxylic acids is 1. The van der Waals surface area contributed by atoms with Gasteiger partial charge in [-0.25, -0.2) is 4.79 Å². The van der Waals surface area contributed by atoms with E-state index in [1.165, 1.54) is 23.8 Å².